The molecule has 24 heavy (non-hydrogen) atoms. The first-order chi connectivity index (χ1) is 11.7. The van der Waals surface area contributed by atoms with Crippen molar-refractivity contribution in [3.05, 3.63) is 56.7 Å². The number of aromatic nitrogens is 3. The molecule has 4 rings (SSSR count). The van der Waals surface area contributed by atoms with Crippen LogP contribution in [0, 0.1) is 0 Å². The maximum absolute atomic E-state index is 12.6. The predicted molar refractivity (Wildman–Crippen MR) is 96.6 cm³/mol. The smallest absolute Gasteiger partial charge is 0.260 e. The number of aryl methyl sites for hydroxylation is 3. The first-order valence-electron chi connectivity index (χ1n) is 8.76. The normalized spacial score (nSPS) is 14.0. The number of thiophene rings is 1. The van der Waals surface area contributed by atoms with Gasteiger partial charge in [0.15, 0.2) is 18.2 Å². The van der Waals surface area contributed by atoms with Gasteiger partial charge >= 0.3 is 0 Å². The highest BCUT2D eigenvalue weighted by atomic mass is 32.1. The van der Waals surface area contributed by atoms with Gasteiger partial charge in [0, 0.05) is 17.0 Å². The Bertz CT molecular complexity index is 924. The minimum absolute atomic E-state index is 0.0256. The zero-order chi connectivity index (χ0) is 16.5. The van der Waals surface area contributed by atoms with Gasteiger partial charge in [-0.25, -0.2) is 4.98 Å². The Hall–Kier alpha value is -2.01. The van der Waals surface area contributed by atoms with Crippen molar-refractivity contribution in [2.75, 3.05) is 0 Å². The van der Waals surface area contributed by atoms with E-state index in [-0.39, 0.29) is 5.56 Å². The standard InChI is InChI=1S/C19H21N3OS/c1-2-5-13-8-10-22(11-9-13)12-16-20-18(23)17-14-6-3-4-7-15(14)24-19(17)21-16/h8-11H,2-7,12H2,1H3/p+1. The zero-order valence-electron chi connectivity index (χ0n) is 14.0. The van der Waals surface area contributed by atoms with Gasteiger partial charge in [-0.15, -0.1) is 11.3 Å². The lowest BCUT2D eigenvalue weighted by atomic mass is 9.97. The van der Waals surface area contributed by atoms with Crippen molar-refractivity contribution in [1.82, 2.24) is 9.97 Å². The van der Waals surface area contributed by atoms with Crippen molar-refractivity contribution < 1.29 is 4.57 Å². The van der Waals surface area contributed by atoms with Crippen LogP contribution in [0.1, 0.15) is 48.0 Å². The third kappa shape index (κ3) is 2.88. The predicted octanol–water partition coefficient (Wildman–Crippen LogP) is 3.15. The number of fused-ring (bicyclic) bond motifs is 3. The van der Waals surface area contributed by atoms with Crippen molar-refractivity contribution in [3.8, 4) is 0 Å². The largest absolute Gasteiger partial charge is 0.305 e. The molecule has 3 heterocycles. The number of nitrogens with one attached hydrogen (secondary N) is 1. The molecule has 5 heteroatoms. The maximum atomic E-state index is 12.6. The molecule has 0 aromatic carbocycles. The Balaban J connectivity index is 1.66. The highest BCUT2D eigenvalue weighted by molar-refractivity contribution is 7.18. The van der Waals surface area contributed by atoms with Gasteiger partial charge in [-0.1, -0.05) is 13.3 Å². The third-order valence-electron chi connectivity index (χ3n) is 4.71. The fraction of sp³-hybridized carbons (Fsp3) is 0.421. The first kappa shape index (κ1) is 15.5. The van der Waals surface area contributed by atoms with Crippen LogP contribution in [0.2, 0.25) is 0 Å². The summed E-state index contributed by atoms with van der Waals surface area (Å²) < 4.78 is 2.07. The van der Waals surface area contributed by atoms with Gasteiger partial charge < -0.3 is 4.98 Å². The van der Waals surface area contributed by atoms with Crippen molar-refractivity contribution in [1.29, 1.82) is 0 Å². The van der Waals surface area contributed by atoms with Gasteiger partial charge in [0.25, 0.3) is 5.56 Å². The number of aromatic amines is 1. The van der Waals surface area contributed by atoms with Crippen molar-refractivity contribution in [2.45, 2.75) is 52.0 Å². The number of nitrogens with zero attached hydrogens (tertiary/aromatic N) is 2. The van der Waals surface area contributed by atoms with Crippen LogP contribution < -0.4 is 10.1 Å². The van der Waals surface area contributed by atoms with E-state index in [2.05, 4.69) is 41.0 Å². The summed E-state index contributed by atoms with van der Waals surface area (Å²) in [6.45, 7) is 2.78. The Kier molecular flexibility index (Phi) is 4.19. The van der Waals surface area contributed by atoms with Crippen LogP contribution in [-0.2, 0) is 25.8 Å². The third-order valence-corrected chi connectivity index (χ3v) is 5.89. The Morgan fingerprint density at radius 1 is 1.25 bits per heavy atom. The monoisotopic (exact) mass is 340 g/mol. The van der Waals surface area contributed by atoms with Crippen molar-refractivity contribution in [3.63, 3.8) is 0 Å². The zero-order valence-corrected chi connectivity index (χ0v) is 14.8. The molecule has 0 amide bonds. The minimum Gasteiger partial charge on any atom is -0.305 e. The Morgan fingerprint density at radius 3 is 2.83 bits per heavy atom. The second-order valence-corrected chi connectivity index (χ2v) is 7.62. The van der Waals surface area contributed by atoms with E-state index in [9.17, 15) is 4.79 Å². The van der Waals surface area contributed by atoms with E-state index in [0.29, 0.717) is 6.54 Å². The van der Waals surface area contributed by atoms with Gasteiger partial charge in [-0.3, -0.25) is 4.79 Å². The molecule has 1 aliphatic rings. The molecule has 0 radical (unpaired) electrons. The summed E-state index contributed by atoms with van der Waals surface area (Å²) in [5.41, 5.74) is 2.62. The highest BCUT2D eigenvalue weighted by Gasteiger charge is 2.20. The summed E-state index contributed by atoms with van der Waals surface area (Å²) in [5.74, 6) is 0.735. The van der Waals surface area contributed by atoms with Gasteiger partial charge in [0.1, 0.15) is 4.83 Å². The van der Waals surface area contributed by atoms with E-state index in [1.165, 1.54) is 28.8 Å². The van der Waals surface area contributed by atoms with Crippen LogP contribution in [0.25, 0.3) is 10.2 Å². The Morgan fingerprint density at radius 2 is 2.04 bits per heavy atom. The SMILES string of the molecule is CCCc1cc[n+](Cc2nc3sc4c(c3c(=O)[nH]2)CCCC4)cc1. The van der Waals surface area contributed by atoms with E-state index in [1.807, 2.05) is 0 Å². The number of pyridine rings is 1. The molecule has 3 aromatic heterocycles. The lowest BCUT2D eigenvalue weighted by molar-refractivity contribution is -0.689. The first-order valence-corrected chi connectivity index (χ1v) is 9.57. The van der Waals surface area contributed by atoms with E-state index < -0.39 is 0 Å². The molecular formula is C19H22N3OS+. The quantitative estimate of drug-likeness (QED) is 0.742. The molecule has 1 N–H and O–H groups in total. The van der Waals surface area contributed by atoms with E-state index in [1.54, 1.807) is 11.3 Å². The van der Waals surface area contributed by atoms with Gasteiger partial charge in [-0.2, -0.15) is 4.57 Å². The van der Waals surface area contributed by atoms with Crippen LogP contribution in [-0.4, -0.2) is 9.97 Å². The maximum Gasteiger partial charge on any atom is 0.260 e. The molecule has 0 saturated carbocycles. The minimum atomic E-state index is 0.0256. The van der Waals surface area contributed by atoms with Gasteiger partial charge in [0.2, 0.25) is 6.54 Å². The summed E-state index contributed by atoms with van der Waals surface area (Å²) in [5, 5.41) is 0.835. The van der Waals surface area contributed by atoms with Crippen LogP contribution in [0.3, 0.4) is 0 Å². The molecule has 0 fully saturated rings. The number of hydrogen-bond donors (Lipinski definition) is 1. The van der Waals surface area contributed by atoms with E-state index in [4.69, 9.17) is 4.98 Å². The number of rotatable bonds is 4. The molecule has 4 nitrogen and oxygen atoms in total. The topological polar surface area (TPSA) is 49.6 Å². The fourth-order valence-electron chi connectivity index (χ4n) is 3.51. The van der Waals surface area contributed by atoms with E-state index in [0.717, 1.165) is 41.7 Å². The highest BCUT2D eigenvalue weighted by Crippen LogP contribution is 2.33. The molecule has 3 aromatic rings. The second kappa shape index (κ2) is 6.48. The summed E-state index contributed by atoms with van der Waals surface area (Å²) in [6.07, 6.45) is 10.9. The molecule has 0 bridgehead atoms. The molecule has 0 aliphatic heterocycles. The van der Waals surface area contributed by atoms with Gasteiger partial charge in [-0.05, 0) is 43.2 Å². The van der Waals surface area contributed by atoms with Crippen molar-refractivity contribution in [2.24, 2.45) is 0 Å². The molecular weight excluding hydrogens is 318 g/mol. The molecule has 0 unspecified atom stereocenters. The Labute approximate surface area is 145 Å². The molecule has 0 atom stereocenters. The molecule has 0 saturated heterocycles. The van der Waals surface area contributed by atoms with E-state index >= 15 is 0 Å². The second-order valence-electron chi connectivity index (χ2n) is 6.53. The average Bonchev–Trinajstić information content (AvgIpc) is 2.95. The summed E-state index contributed by atoms with van der Waals surface area (Å²) in [6, 6.07) is 4.29. The fourth-order valence-corrected chi connectivity index (χ4v) is 4.79. The lowest BCUT2D eigenvalue weighted by Crippen LogP contribution is -2.35. The number of H-pyrrole nitrogens is 1. The van der Waals surface area contributed by atoms with Crippen LogP contribution >= 0.6 is 11.3 Å². The average molecular weight is 340 g/mol. The number of hydrogen-bond acceptors (Lipinski definition) is 3. The van der Waals surface area contributed by atoms with Crippen LogP contribution in [0.4, 0.5) is 0 Å². The summed E-state index contributed by atoms with van der Waals surface area (Å²) in [4.78, 5) is 22.6. The summed E-state index contributed by atoms with van der Waals surface area (Å²) in [7, 11) is 0. The van der Waals surface area contributed by atoms with Crippen LogP contribution in [0.5, 0.6) is 0 Å². The molecule has 1 aliphatic carbocycles. The van der Waals surface area contributed by atoms with Crippen molar-refractivity contribution >= 4 is 21.6 Å². The molecule has 0 spiro atoms. The molecule has 124 valence electrons. The summed E-state index contributed by atoms with van der Waals surface area (Å²) >= 11 is 1.71. The van der Waals surface area contributed by atoms with Gasteiger partial charge in [0.05, 0.1) is 5.39 Å². The van der Waals surface area contributed by atoms with Crippen LogP contribution in [0.15, 0.2) is 29.3 Å². The lowest BCUT2D eigenvalue weighted by Gasteiger charge is -2.09.